The molecule has 5 nitrogen and oxygen atoms in total. The molecule has 1 amide bonds. The Labute approximate surface area is 119 Å². The Morgan fingerprint density at radius 3 is 2.75 bits per heavy atom. The first kappa shape index (κ1) is 14.7. The zero-order chi connectivity index (χ0) is 14.4. The van der Waals surface area contributed by atoms with Gasteiger partial charge in [0.05, 0.1) is 19.8 Å². The lowest BCUT2D eigenvalue weighted by atomic mass is 10.2. The molecule has 0 fully saturated rings. The van der Waals surface area contributed by atoms with Gasteiger partial charge in [0.1, 0.15) is 0 Å². The first-order valence-electron chi connectivity index (χ1n) is 7.04. The Morgan fingerprint density at radius 1 is 1.25 bits per heavy atom. The summed E-state index contributed by atoms with van der Waals surface area (Å²) >= 11 is 0. The van der Waals surface area contributed by atoms with E-state index in [1.807, 2.05) is 32.0 Å². The number of hydrogen-bond donors (Lipinski definition) is 2. The monoisotopic (exact) mass is 278 g/mol. The van der Waals surface area contributed by atoms with Crippen molar-refractivity contribution < 1.29 is 14.3 Å². The summed E-state index contributed by atoms with van der Waals surface area (Å²) in [4.78, 5) is 11.5. The molecule has 110 valence electrons. The van der Waals surface area contributed by atoms with Crippen LogP contribution in [0.4, 0.5) is 0 Å². The van der Waals surface area contributed by atoms with Gasteiger partial charge in [-0.15, -0.1) is 0 Å². The number of amides is 1. The number of benzene rings is 1. The number of rotatable bonds is 5. The van der Waals surface area contributed by atoms with Crippen molar-refractivity contribution in [2.24, 2.45) is 0 Å². The topological polar surface area (TPSA) is 59.6 Å². The molecule has 0 aliphatic carbocycles. The minimum Gasteiger partial charge on any atom is -0.490 e. The smallest absolute Gasteiger partial charge is 0.234 e. The Kier molecular flexibility index (Phi) is 5.24. The average Bonchev–Trinajstić information content (AvgIpc) is 2.62. The quantitative estimate of drug-likeness (QED) is 0.856. The van der Waals surface area contributed by atoms with Gasteiger partial charge in [-0.05, 0) is 31.5 Å². The summed E-state index contributed by atoms with van der Waals surface area (Å²) in [5, 5.41) is 5.96. The highest BCUT2D eigenvalue weighted by Crippen LogP contribution is 2.30. The van der Waals surface area contributed by atoms with Crippen LogP contribution in [0.25, 0.3) is 0 Å². The van der Waals surface area contributed by atoms with E-state index in [0.717, 1.165) is 23.5 Å². The van der Waals surface area contributed by atoms with E-state index in [-0.39, 0.29) is 11.9 Å². The van der Waals surface area contributed by atoms with Gasteiger partial charge in [-0.1, -0.05) is 6.07 Å². The minimum absolute atomic E-state index is 0.00865. The van der Waals surface area contributed by atoms with Crippen LogP contribution in [-0.2, 0) is 11.3 Å². The highest BCUT2D eigenvalue weighted by Gasteiger charge is 2.10. The van der Waals surface area contributed by atoms with Crippen molar-refractivity contribution in [2.75, 3.05) is 19.8 Å². The molecule has 0 saturated carbocycles. The third-order valence-corrected chi connectivity index (χ3v) is 2.88. The van der Waals surface area contributed by atoms with Gasteiger partial charge in [-0.25, -0.2) is 0 Å². The number of carbonyl (C=O) groups is 1. The lowest BCUT2D eigenvalue weighted by Crippen LogP contribution is -2.37. The molecule has 1 aromatic rings. The molecular formula is C15H22N2O3. The largest absolute Gasteiger partial charge is 0.490 e. The van der Waals surface area contributed by atoms with Crippen LogP contribution in [0.5, 0.6) is 11.5 Å². The molecule has 0 spiro atoms. The fourth-order valence-corrected chi connectivity index (χ4v) is 2.01. The average molecular weight is 278 g/mol. The highest BCUT2D eigenvalue weighted by molar-refractivity contribution is 5.78. The van der Waals surface area contributed by atoms with E-state index in [2.05, 4.69) is 10.6 Å². The summed E-state index contributed by atoms with van der Waals surface area (Å²) in [6.07, 6.45) is 0.900. The molecule has 0 aromatic heterocycles. The predicted molar refractivity (Wildman–Crippen MR) is 77.0 cm³/mol. The van der Waals surface area contributed by atoms with E-state index in [4.69, 9.17) is 9.47 Å². The van der Waals surface area contributed by atoms with Gasteiger partial charge in [0.15, 0.2) is 11.5 Å². The summed E-state index contributed by atoms with van der Waals surface area (Å²) in [6, 6.07) is 6.04. The van der Waals surface area contributed by atoms with E-state index in [1.54, 1.807) is 0 Å². The molecule has 2 N–H and O–H groups in total. The fourth-order valence-electron chi connectivity index (χ4n) is 2.01. The predicted octanol–water partition coefficient (Wildman–Crippen LogP) is 1.46. The Hall–Kier alpha value is -1.75. The van der Waals surface area contributed by atoms with Crippen molar-refractivity contribution in [1.82, 2.24) is 10.6 Å². The van der Waals surface area contributed by atoms with Crippen molar-refractivity contribution in [1.29, 1.82) is 0 Å². The molecular weight excluding hydrogens is 256 g/mol. The van der Waals surface area contributed by atoms with Crippen molar-refractivity contribution in [3.05, 3.63) is 23.8 Å². The highest BCUT2D eigenvalue weighted by atomic mass is 16.5. The third-order valence-electron chi connectivity index (χ3n) is 2.88. The van der Waals surface area contributed by atoms with Gasteiger partial charge in [-0.2, -0.15) is 0 Å². The summed E-state index contributed by atoms with van der Waals surface area (Å²) in [5.41, 5.74) is 1.08. The van der Waals surface area contributed by atoms with E-state index >= 15 is 0 Å². The Balaban J connectivity index is 1.84. The van der Waals surface area contributed by atoms with Crippen LogP contribution in [0.1, 0.15) is 25.8 Å². The van der Waals surface area contributed by atoms with E-state index in [9.17, 15) is 4.79 Å². The summed E-state index contributed by atoms with van der Waals surface area (Å²) < 4.78 is 11.2. The molecule has 1 aliphatic heterocycles. The van der Waals surface area contributed by atoms with Crippen molar-refractivity contribution in [3.8, 4) is 11.5 Å². The molecule has 5 heteroatoms. The van der Waals surface area contributed by atoms with Crippen LogP contribution in [0, 0.1) is 0 Å². The molecule has 0 unspecified atom stereocenters. The summed E-state index contributed by atoms with van der Waals surface area (Å²) in [7, 11) is 0. The molecule has 1 aromatic carbocycles. The second-order valence-corrected chi connectivity index (χ2v) is 5.16. The molecule has 1 heterocycles. The van der Waals surface area contributed by atoms with Gasteiger partial charge < -0.3 is 20.1 Å². The van der Waals surface area contributed by atoms with Gasteiger partial charge in [-0.3, -0.25) is 4.79 Å². The lowest BCUT2D eigenvalue weighted by Gasteiger charge is -2.11. The molecule has 0 bridgehead atoms. The van der Waals surface area contributed by atoms with Crippen molar-refractivity contribution >= 4 is 5.91 Å². The maximum Gasteiger partial charge on any atom is 0.234 e. The van der Waals surface area contributed by atoms with Gasteiger partial charge in [0, 0.05) is 19.0 Å². The molecule has 1 aliphatic rings. The fraction of sp³-hybridized carbons (Fsp3) is 0.533. The Bertz CT molecular complexity index is 460. The van der Waals surface area contributed by atoms with Crippen LogP contribution in [0.15, 0.2) is 18.2 Å². The van der Waals surface area contributed by atoms with Crippen molar-refractivity contribution in [3.63, 3.8) is 0 Å². The zero-order valence-corrected chi connectivity index (χ0v) is 12.1. The number of carbonyl (C=O) groups excluding carboxylic acids is 1. The normalized spacial score (nSPS) is 13.9. The first-order chi connectivity index (χ1) is 9.65. The van der Waals surface area contributed by atoms with Gasteiger partial charge >= 0.3 is 0 Å². The summed E-state index contributed by atoms with van der Waals surface area (Å²) in [6.45, 7) is 6.21. The molecule has 0 saturated heterocycles. The van der Waals surface area contributed by atoms with E-state index in [0.29, 0.717) is 26.3 Å². The van der Waals surface area contributed by atoms with E-state index < -0.39 is 0 Å². The van der Waals surface area contributed by atoms with Crippen LogP contribution in [-0.4, -0.2) is 31.7 Å². The SMILES string of the molecule is CC(C)NC(=O)CNCc1ccc2c(c1)OCCCO2. The van der Waals surface area contributed by atoms with Crippen LogP contribution in [0.2, 0.25) is 0 Å². The standard InChI is InChI=1S/C15H22N2O3/c1-11(2)17-15(18)10-16-9-12-4-5-13-14(8-12)20-7-3-6-19-13/h4-5,8,11,16H,3,6-7,9-10H2,1-2H3,(H,17,18). The maximum absolute atomic E-state index is 11.5. The third kappa shape index (κ3) is 4.42. The summed E-state index contributed by atoms with van der Waals surface area (Å²) in [5.74, 6) is 1.59. The number of ether oxygens (including phenoxy) is 2. The van der Waals surface area contributed by atoms with Crippen LogP contribution in [0.3, 0.4) is 0 Å². The molecule has 0 radical (unpaired) electrons. The number of fused-ring (bicyclic) bond motifs is 1. The second-order valence-electron chi connectivity index (χ2n) is 5.16. The minimum atomic E-state index is 0.00865. The lowest BCUT2D eigenvalue weighted by molar-refractivity contribution is -0.120. The molecule has 0 atom stereocenters. The van der Waals surface area contributed by atoms with Crippen molar-refractivity contribution in [2.45, 2.75) is 32.9 Å². The first-order valence-corrected chi connectivity index (χ1v) is 7.04. The molecule has 2 rings (SSSR count). The van der Waals surface area contributed by atoms with Crippen LogP contribution < -0.4 is 20.1 Å². The molecule has 20 heavy (non-hydrogen) atoms. The van der Waals surface area contributed by atoms with Gasteiger partial charge in [0.2, 0.25) is 5.91 Å². The number of nitrogens with one attached hydrogen (secondary N) is 2. The number of hydrogen-bond acceptors (Lipinski definition) is 4. The zero-order valence-electron chi connectivity index (χ0n) is 12.1. The second kappa shape index (κ2) is 7.14. The van der Waals surface area contributed by atoms with E-state index in [1.165, 1.54) is 0 Å². The Morgan fingerprint density at radius 2 is 2.00 bits per heavy atom. The van der Waals surface area contributed by atoms with Crippen LogP contribution >= 0.6 is 0 Å². The van der Waals surface area contributed by atoms with Gasteiger partial charge in [0.25, 0.3) is 0 Å². The maximum atomic E-state index is 11.5.